The van der Waals surface area contributed by atoms with Gasteiger partial charge >= 0.3 is 5.97 Å². The van der Waals surface area contributed by atoms with Gasteiger partial charge in [0, 0.05) is 5.69 Å². The summed E-state index contributed by atoms with van der Waals surface area (Å²) in [4.78, 5) is 15.8. The molecule has 1 aromatic heterocycles. The van der Waals surface area contributed by atoms with Gasteiger partial charge in [-0.25, -0.2) is 9.78 Å². The molecule has 22 heavy (non-hydrogen) atoms. The lowest BCUT2D eigenvalue weighted by Crippen LogP contribution is -2.04. The van der Waals surface area contributed by atoms with E-state index in [1.807, 2.05) is 38.1 Å². The van der Waals surface area contributed by atoms with Crippen molar-refractivity contribution in [3.8, 4) is 0 Å². The minimum atomic E-state index is -0.281. The van der Waals surface area contributed by atoms with Gasteiger partial charge < -0.3 is 10.5 Å². The van der Waals surface area contributed by atoms with E-state index in [2.05, 4.69) is 4.98 Å². The molecular formula is C18H24N2O2. The fraction of sp³-hybridized carbons (Fsp3) is 0.333. The molecule has 0 aliphatic heterocycles. The number of carbonyl (C=O) groups is 1. The van der Waals surface area contributed by atoms with E-state index in [0.717, 1.165) is 24.1 Å². The molecule has 0 amide bonds. The van der Waals surface area contributed by atoms with E-state index in [-0.39, 0.29) is 5.97 Å². The highest BCUT2D eigenvalue weighted by molar-refractivity contribution is 5.89. The van der Waals surface area contributed by atoms with Gasteiger partial charge in [0.2, 0.25) is 0 Å². The number of carbonyl (C=O) groups excluding carboxylic acids is 1. The van der Waals surface area contributed by atoms with Crippen LogP contribution in [0.25, 0.3) is 0 Å². The zero-order chi connectivity index (χ0) is 16.4. The lowest BCUT2D eigenvalue weighted by molar-refractivity contribution is 0.0526. The monoisotopic (exact) mass is 300 g/mol. The number of aryl methyl sites for hydroxylation is 2. The third kappa shape index (κ3) is 5.56. The van der Waals surface area contributed by atoms with Crippen molar-refractivity contribution in [3.05, 3.63) is 59.3 Å². The Morgan fingerprint density at radius 3 is 2.36 bits per heavy atom. The van der Waals surface area contributed by atoms with Crippen LogP contribution in [-0.2, 0) is 17.6 Å². The van der Waals surface area contributed by atoms with Crippen molar-refractivity contribution >= 4 is 11.8 Å². The Morgan fingerprint density at radius 1 is 1.09 bits per heavy atom. The number of hydrogen-bond acceptors (Lipinski definition) is 4. The minimum Gasteiger partial charge on any atom is -0.462 e. The molecule has 2 rings (SSSR count). The third-order valence-electron chi connectivity index (χ3n) is 2.96. The van der Waals surface area contributed by atoms with Crippen LogP contribution in [-0.4, -0.2) is 17.6 Å². The number of nitrogen functional groups attached to an aromatic ring is 1. The fourth-order valence-corrected chi connectivity index (χ4v) is 1.93. The van der Waals surface area contributed by atoms with Gasteiger partial charge in [0.1, 0.15) is 5.82 Å². The molecule has 2 aromatic rings. The summed E-state index contributed by atoms with van der Waals surface area (Å²) < 4.78 is 4.95. The quantitative estimate of drug-likeness (QED) is 0.856. The number of benzene rings is 1. The SMILES string of the molecule is CC.CCOC(=O)c1ccc(CCc2cccc(N)n2)cc1. The highest BCUT2D eigenvalue weighted by Crippen LogP contribution is 2.10. The maximum Gasteiger partial charge on any atom is 0.338 e. The molecule has 1 aromatic carbocycles. The largest absolute Gasteiger partial charge is 0.462 e. The lowest BCUT2D eigenvalue weighted by atomic mass is 10.1. The average molecular weight is 300 g/mol. The van der Waals surface area contributed by atoms with E-state index >= 15 is 0 Å². The second-order valence-corrected chi connectivity index (χ2v) is 4.47. The summed E-state index contributed by atoms with van der Waals surface area (Å²) in [6, 6.07) is 13.1. The molecule has 0 aliphatic carbocycles. The molecule has 0 aliphatic rings. The Hall–Kier alpha value is -2.36. The van der Waals surface area contributed by atoms with Crippen LogP contribution in [0.1, 0.15) is 42.4 Å². The number of nitrogens with two attached hydrogens (primary N) is 1. The van der Waals surface area contributed by atoms with Crippen LogP contribution in [0.2, 0.25) is 0 Å². The summed E-state index contributed by atoms with van der Waals surface area (Å²) in [5, 5.41) is 0. The van der Waals surface area contributed by atoms with Gasteiger partial charge in [-0.15, -0.1) is 0 Å². The summed E-state index contributed by atoms with van der Waals surface area (Å²) in [6.45, 7) is 6.19. The van der Waals surface area contributed by atoms with Gasteiger partial charge in [-0.2, -0.15) is 0 Å². The van der Waals surface area contributed by atoms with Crippen LogP contribution in [0.3, 0.4) is 0 Å². The normalized spacial score (nSPS) is 9.59. The van der Waals surface area contributed by atoms with Crippen LogP contribution >= 0.6 is 0 Å². The molecule has 4 nitrogen and oxygen atoms in total. The van der Waals surface area contributed by atoms with Gasteiger partial charge in [0.05, 0.1) is 12.2 Å². The van der Waals surface area contributed by atoms with Gasteiger partial charge in [0.15, 0.2) is 0 Å². The second kappa shape index (κ2) is 9.55. The van der Waals surface area contributed by atoms with Gasteiger partial charge in [0.25, 0.3) is 0 Å². The molecule has 0 bridgehead atoms. The molecule has 0 saturated carbocycles. The van der Waals surface area contributed by atoms with Crippen LogP contribution in [0.4, 0.5) is 5.82 Å². The third-order valence-corrected chi connectivity index (χ3v) is 2.96. The van der Waals surface area contributed by atoms with E-state index in [1.54, 1.807) is 25.1 Å². The first-order chi connectivity index (χ1) is 10.7. The minimum absolute atomic E-state index is 0.281. The van der Waals surface area contributed by atoms with Crippen LogP contribution < -0.4 is 5.73 Å². The van der Waals surface area contributed by atoms with Crippen molar-refractivity contribution in [2.24, 2.45) is 0 Å². The van der Waals surface area contributed by atoms with E-state index in [9.17, 15) is 4.79 Å². The molecule has 2 N–H and O–H groups in total. The molecule has 0 spiro atoms. The molecule has 0 atom stereocenters. The zero-order valence-corrected chi connectivity index (χ0v) is 13.5. The number of esters is 1. The highest BCUT2D eigenvalue weighted by atomic mass is 16.5. The van der Waals surface area contributed by atoms with Crippen molar-refractivity contribution < 1.29 is 9.53 Å². The van der Waals surface area contributed by atoms with Crippen LogP contribution in [0.5, 0.6) is 0 Å². The number of anilines is 1. The van der Waals surface area contributed by atoms with E-state index in [1.165, 1.54) is 0 Å². The molecule has 118 valence electrons. The van der Waals surface area contributed by atoms with Gasteiger partial charge in [-0.3, -0.25) is 0 Å². The summed E-state index contributed by atoms with van der Waals surface area (Å²) in [5.74, 6) is 0.261. The first kappa shape index (κ1) is 17.7. The van der Waals surface area contributed by atoms with E-state index in [4.69, 9.17) is 10.5 Å². The number of rotatable bonds is 5. The van der Waals surface area contributed by atoms with Gasteiger partial charge in [-0.1, -0.05) is 32.0 Å². The maximum atomic E-state index is 11.5. The highest BCUT2D eigenvalue weighted by Gasteiger charge is 2.05. The first-order valence-corrected chi connectivity index (χ1v) is 7.66. The van der Waals surface area contributed by atoms with Gasteiger partial charge in [-0.05, 0) is 49.6 Å². The molecule has 0 fully saturated rings. The lowest BCUT2D eigenvalue weighted by Gasteiger charge is -2.05. The molecule has 0 unspecified atom stereocenters. The number of aromatic nitrogens is 1. The van der Waals surface area contributed by atoms with Crippen molar-refractivity contribution in [2.75, 3.05) is 12.3 Å². The van der Waals surface area contributed by atoms with Crippen molar-refractivity contribution in [1.82, 2.24) is 4.98 Å². The predicted octanol–water partition coefficient (Wildman–Crippen LogP) is 3.65. The molecular weight excluding hydrogens is 276 g/mol. The second-order valence-electron chi connectivity index (χ2n) is 4.47. The Kier molecular flexibility index (Phi) is 7.68. The first-order valence-electron chi connectivity index (χ1n) is 7.66. The Morgan fingerprint density at radius 2 is 1.77 bits per heavy atom. The smallest absolute Gasteiger partial charge is 0.338 e. The zero-order valence-electron chi connectivity index (χ0n) is 13.5. The average Bonchev–Trinajstić information content (AvgIpc) is 2.56. The van der Waals surface area contributed by atoms with Crippen molar-refractivity contribution in [2.45, 2.75) is 33.6 Å². The molecule has 1 heterocycles. The maximum absolute atomic E-state index is 11.5. The number of ether oxygens (including phenoxy) is 1. The molecule has 0 radical (unpaired) electrons. The summed E-state index contributed by atoms with van der Waals surface area (Å²) in [7, 11) is 0. The number of pyridine rings is 1. The predicted molar refractivity (Wildman–Crippen MR) is 89.8 cm³/mol. The van der Waals surface area contributed by atoms with Crippen molar-refractivity contribution in [1.29, 1.82) is 0 Å². The molecule has 4 heteroatoms. The van der Waals surface area contributed by atoms with E-state index in [0.29, 0.717) is 18.0 Å². The summed E-state index contributed by atoms with van der Waals surface area (Å²) >= 11 is 0. The number of nitrogens with zero attached hydrogens (tertiary/aromatic N) is 1. The van der Waals surface area contributed by atoms with Crippen molar-refractivity contribution in [3.63, 3.8) is 0 Å². The molecule has 0 saturated heterocycles. The van der Waals surface area contributed by atoms with Crippen LogP contribution in [0, 0.1) is 0 Å². The summed E-state index contributed by atoms with van der Waals surface area (Å²) in [6.07, 6.45) is 1.68. The fourth-order valence-electron chi connectivity index (χ4n) is 1.93. The standard InChI is InChI=1S/C16H18N2O2.C2H6/c1-2-20-16(19)13-9-6-12(7-10-13)8-11-14-4-3-5-15(17)18-14;1-2/h3-7,9-10H,2,8,11H2,1H3,(H2,17,18);1-2H3. The Labute approximate surface area is 132 Å². The summed E-state index contributed by atoms with van der Waals surface area (Å²) in [5.41, 5.74) is 8.35. The Balaban J connectivity index is 0.00000116. The Bertz CT molecular complexity index is 580. The number of hydrogen-bond donors (Lipinski definition) is 1. The van der Waals surface area contributed by atoms with E-state index < -0.39 is 0 Å². The van der Waals surface area contributed by atoms with Crippen LogP contribution in [0.15, 0.2) is 42.5 Å². The topological polar surface area (TPSA) is 65.2 Å².